The summed E-state index contributed by atoms with van der Waals surface area (Å²) in [5.74, 6) is 6.59. The minimum atomic E-state index is -2.77. The number of sulfone groups is 1. The van der Waals surface area contributed by atoms with Crippen LogP contribution in [0.5, 0.6) is 0 Å². The van der Waals surface area contributed by atoms with Crippen molar-refractivity contribution in [1.82, 2.24) is 5.43 Å². The van der Waals surface area contributed by atoms with Crippen molar-refractivity contribution in [3.8, 4) is 0 Å². The van der Waals surface area contributed by atoms with Crippen LogP contribution in [0.15, 0.2) is 11.6 Å². The van der Waals surface area contributed by atoms with E-state index < -0.39 is 9.84 Å². The molecule has 0 spiro atoms. The SMILES string of the molecule is NNC(CC1CCS(=O)(=O)C1)C1=CCCCC1. The van der Waals surface area contributed by atoms with Crippen LogP contribution in [0.4, 0.5) is 0 Å². The molecule has 3 N–H and O–H groups in total. The predicted octanol–water partition coefficient (Wildman–Crippen LogP) is 1.14. The van der Waals surface area contributed by atoms with Gasteiger partial charge in [0.1, 0.15) is 0 Å². The van der Waals surface area contributed by atoms with Crippen molar-refractivity contribution in [3.05, 3.63) is 11.6 Å². The fourth-order valence-corrected chi connectivity index (χ4v) is 4.78. The maximum Gasteiger partial charge on any atom is 0.150 e. The first-order chi connectivity index (χ1) is 8.11. The molecule has 2 rings (SSSR count). The Bertz CT molecular complexity index is 389. The molecule has 2 atom stereocenters. The summed E-state index contributed by atoms with van der Waals surface area (Å²) in [5, 5.41) is 0. The van der Waals surface area contributed by atoms with Crippen LogP contribution in [-0.4, -0.2) is 26.0 Å². The van der Waals surface area contributed by atoms with E-state index in [2.05, 4.69) is 11.5 Å². The van der Waals surface area contributed by atoms with Gasteiger partial charge in [-0.25, -0.2) is 8.42 Å². The molecule has 0 saturated carbocycles. The largest absolute Gasteiger partial charge is 0.271 e. The molecule has 4 nitrogen and oxygen atoms in total. The van der Waals surface area contributed by atoms with Crippen molar-refractivity contribution >= 4 is 9.84 Å². The summed E-state index contributed by atoms with van der Waals surface area (Å²) < 4.78 is 22.8. The number of hydrazine groups is 1. The lowest BCUT2D eigenvalue weighted by Gasteiger charge is -2.24. The third-order valence-corrected chi connectivity index (χ3v) is 5.71. The highest BCUT2D eigenvalue weighted by Crippen LogP contribution is 2.28. The number of hydrogen-bond acceptors (Lipinski definition) is 4. The van der Waals surface area contributed by atoms with E-state index in [9.17, 15) is 8.42 Å². The molecule has 1 aliphatic heterocycles. The topological polar surface area (TPSA) is 72.2 Å². The Balaban J connectivity index is 1.94. The molecule has 0 aromatic heterocycles. The number of nitrogens with two attached hydrogens (primary N) is 1. The van der Waals surface area contributed by atoms with E-state index in [1.807, 2.05) is 0 Å². The second-order valence-corrected chi connectivity index (χ2v) is 7.48. The summed E-state index contributed by atoms with van der Waals surface area (Å²) in [6, 6.07) is 0.175. The Morgan fingerprint density at radius 3 is 2.82 bits per heavy atom. The summed E-state index contributed by atoms with van der Waals surface area (Å²) in [6.07, 6.45) is 8.67. The predicted molar refractivity (Wildman–Crippen MR) is 69.0 cm³/mol. The zero-order chi connectivity index (χ0) is 12.3. The lowest BCUT2D eigenvalue weighted by atomic mass is 9.88. The van der Waals surface area contributed by atoms with E-state index in [-0.39, 0.29) is 12.0 Å². The molecule has 1 heterocycles. The molecular formula is C12H22N2O2S. The standard InChI is InChI=1S/C12H22N2O2S/c13-14-12(11-4-2-1-3-5-11)8-10-6-7-17(15,16)9-10/h4,10,12,14H,1-3,5-9,13H2. The van der Waals surface area contributed by atoms with Crippen LogP contribution in [0.3, 0.4) is 0 Å². The number of rotatable bonds is 4. The van der Waals surface area contributed by atoms with Gasteiger partial charge in [-0.1, -0.05) is 11.6 Å². The molecule has 1 saturated heterocycles. The van der Waals surface area contributed by atoms with Gasteiger partial charge in [0.2, 0.25) is 0 Å². The maximum atomic E-state index is 11.4. The van der Waals surface area contributed by atoms with E-state index >= 15 is 0 Å². The van der Waals surface area contributed by atoms with E-state index in [0.29, 0.717) is 11.5 Å². The molecule has 0 bridgehead atoms. The smallest absolute Gasteiger partial charge is 0.150 e. The lowest BCUT2D eigenvalue weighted by Crippen LogP contribution is -2.38. The van der Waals surface area contributed by atoms with Crippen LogP contribution in [0.2, 0.25) is 0 Å². The van der Waals surface area contributed by atoms with E-state index in [1.54, 1.807) is 0 Å². The van der Waals surface area contributed by atoms with E-state index in [4.69, 9.17) is 5.84 Å². The molecule has 5 heteroatoms. The van der Waals surface area contributed by atoms with Crippen molar-refractivity contribution in [1.29, 1.82) is 0 Å². The second-order valence-electron chi connectivity index (χ2n) is 5.25. The van der Waals surface area contributed by atoms with Gasteiger partial charge in [0.15, 0.2) is 9.84 Å². The van der Waals surface area contributed by atoms with Gasteiger partial charge in [0.05, 0.1) is 11.5 Å². The molecule has 0 amide bonds. The molecular weight excluding hydrogens is 236 g/mol. The van der Waals surface area contributed by atoms with Crippen LogP contribution in [-0.2, 0) is 9.84 Å². The molecule has 0 aromatic carbocycles. The van der Waals surface area contributed by atoms with Crippen LogP contribution in [0.25, 0.3) is 0 Å². The summed E-state index contributed by atoms with van der Waals surface area (Å²) in [6.45, 7) is 0. The molecule has 17 heavy (non-hydrogen) atoms. The summed E-state index contributed by atoms with van der Waals surface area (Å²) in [4.78, 5) is 0. The van der Waals surface area contributed by atoms with Gasteiger partial charge in [0, 0.05) is 6.04 Å². The average molecular weight is 258 g/mol. The molecule has 98 valence electrons. The van der Waals surface area contributed by atoms with Gasteiger partial charge in [-0.3, -0.25) is 11.3 Å². The number of allylic oxidation sites excluding steroid dienone is 1. The van der Waals surface area contributed by atoms with Gasteiger partial charge in [0.25, 0.3) is 0 Å². The van der Waals surface area contributed by atoms with Crippen LogP contribution < -0.4 is 11.3 Å². The molecule has 2 aliphatic rings. The van der Waals surface area contributed by atoms with Crippen LogP contribution >= 0.6 is 0 Å². The van der Waals surface area contributed by atoms with Gasteiger partial charge >= 0.3 is 0 Å². The Morgan fingerprint density at radius 2 is 2.29 bits per heavy atom. The van der Waals surface area contributed by atoms with Crippen molar-refractivity contribution in [2.24, 2.45) is 11.8 Å². The Labute approximate surface area is 104 Å². The number of nitrogens with one attached hydrogen (secondary N) is 1. The molecule has 1 aliphatic carbocycles. The third-order valence-electron chi connectivity index (χ3n) is 3.87. The Kier molecular flexibility index (Phi) is 4.22. The molecule has 0 aromatic rings. The van der Waals surface area contributed by atoms with Gasteiger partial charge in [-0.15, -0.1) is 0 Å². The highest BCUT2D eigenvalue weighted by atomic mass is 32.2. The first-order valence-corrected chi connectivity index (χ1v) is 8.28. The average Bonchev–Trinajstić information content (AvgIpc) is 2.67. The van der Waals surface area contributed by atoms with Crippen molar-refractivity contribution in [2.45, 2.75) is 44.6 Å². The van der Waals surface area contributed by atoms with E-state index in [0.717, 1.165) is 25.7 Å². The monoisotopic (exact) mass is 258 g/mol. The fourth-order valence-electron chi connectivity index (χ4n) is 2.90. The minimum absolute atomic E-state index is 0.175. The highest BCUT2D eigenvalue weighted by Gasteiger charge is 2.30. The highest BCUT2D eigenvalue weighted by molar-refractivity contribution is 7.91. The normalized spacial score (nSPS) is 29.9. The zero-order valence-corrected chi connectivity index (χ0v) is 11.0. The van der Waals surface area contributed by atoms with Crippen molar-refractivity contribution in [2.75, 3.05) is 11.5 Å². The first kappa shape index (κ1) is 13.1. The minimum Gasteiger partial charge on any atom is -0.271 e. The van der Waals surface area contributed by atoms with Gasteiger partial charge in [-0.2, -0.15) is 0 Å². The fraction of sp³-hybridized carbons (Fsp3) is 0.833. The first-order valence-electron chi connectivity index (χ1n) is 6.46. The Hall–Kier alpha value is -0.390. The van der Waals surface area contributed by atoms with Crippen LogP contribution in [0.1, 0.15) is 38.5 Å². The molecule has 2 unspecified atom stereocenters. The van der Waals surface area contributed by atoms with Gasteiger partial charge < -0.3 is 0 Å². The van der Waals surface area contributed by atoms with E-state index in [1.165, 1.54) is 18.4 Å². The quantitative estimate of drug-likeness (QED) is 0.451. The Morgan fingerprint density at radius 1 is 1.47 bits per heavy atom. The zero-order valence-electron chi connectivity index (χ0n) is 10.2. The molecule has 0 radical (unpaired) electrons. The van der Waals surface area contributed by atoms with Crippen LogP contribution in [0, 0.1) is 5.92 Å². The summed E-state index contributed by atoms with van der Waals surface area (Å²) >= 11 is 0. The maximum absolute atomic E-state index is 11.4. The van der Waals surface area contributed by atoms with Crippen molar-refractivity contribution in [3.63, 3.8) is 0 Å². The lowest BCUT2D eigenvalue weighted by molar-refractivity contribution is 0.431. The summed E-state index contributed by atoms with van der Waals surface area (Å²) in [7, 11) is -2.77. The third kappa shape index (κ3) is 3.53. The van der Waals surface area contributed by atoms with Gasteiger partial charge in [-0.05, 0) is 44.4 Å². The second kappa shape index (κ2) is 5.50. The number of hydrogen-bond donors (Lipinski definition) is 2. The van der Waals surface area contributed by atoms with Crippen molar-refractivity contribution < 1.29 is 8.42 Å². The summed E-state index contributed by atoms with van der Waals surface area (Å²) in [5.41, 5.74) is 4.24. The molecule has 1 fully saturated rings.